The summed E-state index contributed by atoms with van der Waals surface area (Å²) in [6.45, 7) is 12.8. The van der Waals surface area contributed by atoms with E-state index in [4.69, 9.17) is 5.41 Å². The zero-order valence-corrected chi connectivity index (χ0v) is 17.6. The molecule has 0 spiro atoms. The molecule has 0 radical (unpaired) electrons. The Morgan fingerprint density at radius 1 is 1.31 bits per heavy atom. The number of pyridine rings is 1. The number of carbonyl (C=O) groups is 1. The average Bonchev–Trinajstić information content (AvgIpc) is 3.07. The summed E-state index contributed by atoms with van der Waals surface area (Å²) >= 11 is 0. The minimum Gasteiger partial charge on any atom is -0.309 e. The summed E-state index contributed by atoms with van der Waals surface area (Å²) in [6, 6.07) is 4.81. The van der Waals surface area contributed by atoms with Gasteiger partial charge in [-0.2, -0.15) is 5.10 Å². The molecular weight excluding hydrogens is 366 g/mol. The molecule has 0 aromatic carbocycles. The van der Waals surface area contributed by atoms with Crippen molar-refractivity contribution in [1.29, 1.82) is 5.41 Å². The number of anilines is 1. The van der Waals surface area contributed by atoms with E-state index in [1.807, 2.05) is 15.6 Å². The third-order valence-corrected chi connectivity index (χ3v) is 5.80. The summed E-state index contributed by atoms with van der Waals surface area (Å²) in [5.41, 5.74) is 3.08. The molecule has 4 rings (SSSR count). The van der Waals surface area contributed by atoms with E-state index in [0.717, 1.165) is 37.4 Å². The number of aromatic nitrogens is 2. The largest absolute Gasteiger partial charge is 0.309 e. The van der Waals surface area contributed by atoms with Crippen LogP contribution in [0.1, 0.15) is 32.8 Å². The number of fused-ring (bicyclic) bond motifs is 1. The van der Waals surface area contributed by atoms with Crippen LogP contribution in [0.5, 0.6) is 0 Å². The number of nitrogens with zero attached hydrogens (tertiary/aromatic N) is 5. The van der Waals surface area contributed by atoms with Gasteiger partial charge in [0.1, 0.15) is 0 Å². The Kier molecular flexibility index (Phi) is 5.56. The second-order valence-electron chi connectivity index (χ2n) is 8.67. The van der Waals surface area contributed by atoms with E-state index in [1.54, 1.807) is 6.20 Å². The van der Waals surface area contributed by atoms with E-state index < -0.39 is 0 Å². The summed E-state index contributed by atoms with van der Waals surface area (Å²) in [5, 5.41) is 15.2. The Bertz CT molecular complexity index is 906. The van der Waals surface area contributed by atoms with Crippen LogP contribution in [0.15, 0.2) is 24.5 Å². The fourth-order valence-electron chi connectivity index (χ4n) is 4.37. The quantitative estimate of drug-likeness (QED) is 0.804. The van der Waals surface area contributed by atoms with Crippen LogP contribution in [-0.2, 0) is 11.3 Å². The molecule has 8 heteroatoms. The lowest BCUT2D eigenvalue weighted by Crippen LogP contribution is -2.52. The van der Waals surface area contributed by atoms with Crippen LogP contribution in [-0.4, -0.2) is 70.0 Å². The van der Waals surface area contributed by atoms with Crippen molar-refractivity contribution in [2.24, 2.45) is 5.92 Å². The molecule has 2 aromatic rings. The van der Waals surface area contributed by atoms with E-state index in [1.165, 1.54) is 12.1 Å². The molecule has 8 nitrogen and oxygen atoms in total. The van der Waals surface area contributed by atoms with Gasteiger partial charge in [0.05, 0.1) is 17.4 Å². The van der Waals surface area contributed by atoms with Gasteiger partial charge in [-0.25, -0.2) is 4.52 Å². The van der Waals surface area contributed by atoms with Crippen LogP contribution in [0.3, 0.4) is 0 Å². The third-order valence-electron chi connectivity index (χ3n) is 5.80. The van der Waals surface area contributed by atoms with E-state index in [-0.39, 0.29) is 11.9 Å². The molecule has 1 atom stereocenters. The highest BCUT2D eigenvalue weighted by Gasteiger charge is 2.26. The molecule has 2 aromatic heterocycles. The molecule has 0 saturated carbocycles. The van der Waals surface area contributed by atoms with Gasteiger partial charge >= 0.3 is 0 Å². The number of carbonyl (C=O) groups excluding carboxylic acids is 1. The highest BCUT2D eigenvalue weighted by atomic mass is 16.2. The Hall–Kier alpha value is -2.45. The maximum atomic E-state index is 11.5. The van der Waals surface area contributed by atoms with E-state index in [9.17, 15) is 4.79 Å². The molecule has 2 aliphatic heterocycles. The summed E-state index contributed by atoms with van der Waals surface area (Å²) < 4.78 is 1.84. The Balaban J connectivity index is 1.49. The molecule has 2 saturated heterocycles. The average molecular weight is 398 g/mol. The van der Waals surface area contributed by atoms with Gasteiger partial charge in [0.25, 0.3) is 0 Å². The van der Waals surface area contributed by atoms with Crippen LogP contribution >= 0.6 is 0 Å². The van der Waals surface area contributed by atoms with Gasteiger partial charge in [-0.3, -0.25) is 20.4 Å². The predicted molar refractivity (Wildman–Crippen MR) is 114 cm³/mol. The minimum atomic E-state index is -0.103. The van der Waals surface area contributed by atoms with Gasteiger partial charge in [0.2, 0.25) is 11.9 Å². The highest BCUT2D eigenvalue weighted by Crippen LogP contribution is 2.25. The van der Waals surface area contributed by atoms with Gasteiger partial charge in [-0.05, 0) is 30.5 Å². The van der Waals surface area contributed by atoms with Crippen LogP contribution in [0.4, 0.5) is 5.69 Å². The fourth-order valence-corrected chi connectivity index (χ4v) is 4.37. The van der Waals surface area contributed by atoms with Gasteiger partial charge in [0.15, 0.2) is 0 Å². The van der Waals surface area contributed by atoms with Crippen molar-refractivity contribution >= 4 is 23.1 Å². The van der Waals surface area contributed by atoms with Crippen molar-refractivity contribution in [3.63, 3.8) is 0 Å². The molecule has 2 aliphatic rings. The van der Waals surface area contributed by atoms with Crippen molar-refractivity contribution in [2.45, 2.75) is 39.8 Å². The SMILES string of the molecule is CC(C)CN1CCN(Cc2ccn3ncc(N4CCC(=O)NC4=N)c3c2)[C@H](C)C1. The number of amides is 1. The minimum absolute atomic E-state index is 0.103. The Morgan fingerprint density at radius 3 is 2.86 bits per heavy atom. The maximum absolute atomic E-state index is 11.5. The monoisotopic (exact) mass is 397 g/mol. The molecule has 0 aliphatic carbocycles. The molecule has 2 N–H and O–H groups in total. The first-order chi connectivity index (χ1) is 13.9. The molecule has 1 amide bonds. The number of guanidine groups is 1. The number of rotatable bonds is 5. The molecule has 4 heterocycles. The number of hydrogen-bond acceptors (Lipinski definition) is 5. The molecule has 0 bridgehead atoms. The van der Waals surface area contributed by atoms with Crippen LogP contribution in [0, 0.1) is 11.3 Å². The molecule has 0 unspecified atom stereocenters. The predicted octanol–water partition coefficient (Wildman–Crippen LogP) is 1.76. The van der Waals surface area contributed by atoms with Gasteiger partial charge in [0, 0.05) is 57.9 Å². The first kappa shape index (κ1) is 19.8. The molecular formula is C21H31N7O. The normalized spacial score (nSPS) is 21.9. The van der Waals surface area contributed by atoms with Gasteiger partial charge < -0.3 is 9.80 Å². The Labute approximate surface area is 172 Å². The molecule has 2 fully saturated rings. The summed E-state index contributed by atoms with van der Waals surface area (Å²) in [7, 11) is 0. The van der Waals surface area contributed by atoms with Crippen LogP contribution in [0.2, 0.25) is 0 Å². The van der Waals surface area contributed by atoms with Gasteiger partial charge in [-0.15, -0.1) is 0 Å². The lowest BCUT2D eigenvalue weighted by molar-refractivity contribution is -0.119. The first-order valence-corrected chi connectivity index (χ1v) is 10.5. The Morgan fingerprint density at radius 2 is 2.14 bits per heavy atom. The fraction of sp³-hybridized carbons (Fsp3) is 0.571. The summed E-state index contributed by atoms with van der Waals surface area (Å²) in [5.74, 6) is 0.722. The van der Waals surface area contributed by atoms with Crippen molar-refractivity contribution < 1.29 is 4.79 Å². The standard InChI is InChI=1S/C21H31N7O/c1-15(2)12-25-8-9-26(16(3)13-25)14-17-4-7-28-18(10-17)19(11-23-28)27-6-5-20(29)24-21(27)22/h4,7,10-11,15-16H,5-6,8-9,12-14H2,1-3H3,(H2,22,24,29)/t16-/m1/s1. The number of piperazine rings is 1. The van der Waals surface area contributed by atoms with E-state index in [0.29, 0.717) is 24.9 Å². The summed E-state index contributed by atoms with van der Waals surface area (Å²) in [6.07, 6.45) is 4.15. The lowest BCUT2D eigenvalue weighted by Gasteiger charge is -2.40. The summed E-state index contributed by atoms with van der Waals surface area (Å²) in [4.78, 5) is 18.5. The van der Waals surface area contributed by atoms with E-state index >= 15 is 0 Å². The zero-order chi connectivity index (χ0) is 20.5. The third kappa shape index (κ3) is 4.28. The second-order valence-corrected chi connectivity index (χ2v) is 8.67. The topological polar surface area (TPSA) is 80.0 Å². The lowest BCUT2D eigenvalue weighted by atomic mass is 10.1. The highest BCUT2D eigenvalue weighted by molar-refractivity contribution is 6.08. The second kappa shape index (κ2) is 8.12. The molecule has 156 valence electrons. The first-order valence-electron chi connectivity index (χ1n) is 10.5. The maximum Gasteiger partial charge on any atom is 0.228 e. The smallest absolute Gasteiger partial charge is 0.228 e. The molecule has 29 heavy (non-hydrogen) atoms. The van der Waals surface area contributed by atoms with Crippen molar-refractivity contribution in [1.82, 2.24) is 24.7 Å². The van der Waals surface area contributed by atoms with Crippen LogP contribution in [0.25, 0.3) is 5.52 Å². The van der Waals surface area contributed by atoms with Crippen LogP contribution < -0.4 is 10.2 Å². The number of hydrogen-bond donors (Lipinski definition) is 2. The zero-order valence-electron chi connectivity index (χ0n) is 17.6. The van der Waals surface area contributed by atoms with Crippen molar-refractivity contribution in [3.8, 4) is 0 Å². The van der Waals surface area contributed by atoms with E-state index in [2.05, 4.69) is 53.1 Å². The van der Waals surface area contributed by atoms with Crippen molar-refractivity contribution in [2.75, 3.05) is 37.6 Å². The van der Waals surface area contributed by atoms with Gasteiger partial charge in [-0.1, -0.05) is 13.8 Å². The van der Waals surface area contributed by atoms with Crippen molar-refractivity contribution in [3.05, 3.63) is 30.1 Å². The number of nitrogens with one attached hydrogen (secondary N) is 2.